The van der Waals surface area contributed by atoms with Gasteiger partial charge in [-0.2, -0.15) is 0 Å². The molecule has 160 valence electrons. The lowest BCUT2D eigenvalue weighted by atomic mass is 9.84. The molecule has 1 aliphatic heterocycles. The molecular formula is C23H25Br2N2O3-. The maximum Gasteiger partial charge on any atom is 0.136 e. The smallest absolute Gasteiger partial charge is 0.136 e. The molecule has 4 rings (SSSR count). The van der Waals surface area contributed by atoms with Gasteiger partial charge in [0.05, 0.1) is 18.8 Å². The zero-order valence-corrected chi connectivity index (χ0v) is 19.9. The average Bonchev–Trinajstić information content (AvgIpc) is 2.97. The molecule has 2 aromatic rings. The Morgan fingerprint density at radius 3 is 2.60 bits per heavy atom. The van der Waals surface area contributed by atoms with E-state index in [9.17, 15) is 9.90 Å². The van der Waals surface area contributed by atoms with E-state index in [1.54, 1.807) is 0 Å². The summed E-state index contributed by atoms with van der Waals surface area (Å²) in [6.45, 7) is 3.10. The van der Waals surface area contributed by atoms with E-state index in [1.165, 1.54) is 16.0 Å². The summed E-state index contributed by atoms with van der Waals surface area (Å²) in [6, 6.07) is 14.9. The first-order valence-electron chi connectivity index (χ1n) is 10.4. The monoisotopic (exact) mass is 535 g/mol. The lowest BCUT2D eigenvalue weighted by Crippen LogP contribution is -2.45. The molecule has 1 saturated heterocycles. The van der Waals surface area contributed by atoms with Crippen LogP contribution >= 0.6 is 31.9 Å². The Bertz CT molecular complexity index is 888. The fourth-order valence-corrected chi connectivity index (χ4v) is 6.00. The Morgan fingerprint density at radius 1 is 1.07 bits per heavy atom. The molecule has 2 unspecified atom stereocenters. The summed E-state index contributed by atoms with van der Waals surface area (Å²) in [5.41, 5.74) is 3.80. The number of halogens is 2. The molecular weight excluding hydrogens is 512 g/mol. The lowest BCUT2D eigenvalue weighted by Gasteiger charge is -2.40. The Hall–Kier alpha value is -1.41. The van der Waals surface area contributed by atoms with E-state index >= 15 is 0 Å². The largest absolute Gasteiger partial charge is 0.530 e. The van der Waals surface area contributed by atoms with Gasteiger partial charge < -0.3 is 19.5 Å². The number of nitrogens with zero attached hydrogens (tertiary/aromatic N) is 2. The van der Waals surface area contributed by atoms with Gasteiger partial charge in [0.15, 0.2) is 0 Å². The minimum atomic E-state index is -1.08. The van der Waals surface area contributed by atoms with Crippen LogP contribution in [-0.4, -0.2) is 48.2 Å². The summed E-state index contributed by atoms with van der Waals surface area (Å²) >= 11 is 7.10. The first-order chi connectivity index (χ1) is 14.5. The molecule has 2 atom stereocenters. The predicted octanol–water partition coefficient (Wildman–Crippen LogP) is 4.14. The van der Waals surface area contributed by atoms with Crippen molar-refractivity contribution in [1.29, 1.82) is 0 Å². The molecule has 2 aromatic carbocycles. The van der Waals surface area contributed by atoms with E-state index in [2.05, 4.69) is 73.2 Å². The summed E-state index contributed by atoms with van der Waals surface area (Å²) in [5, 5.41) is 11.3. The van der Waals surface area contributed by atoms with Crippen molar-refractivity contribution in [3.63, 3.8) is 0 Å². The predicted molar refractivity (Wildman–Crippen MR) is 121 cm³/mol. The summed E-state index contributed by atoms with van der Waals surface area (Å²) in [5.74, 6) is 0. The van der Waals surface area contributed by atoms with Gasteiger partial charge in [0.2, 0.25) is 0 Å². The van der Waals surface area contributed by atoms with Crippen LogP contribution in [0.25, 0.3) is 0 Å². The molecule has 1 amide bonds. The Balaban J connectivity index is 1.55. The number of benzene rings is 2. The van der Waals surface area contributed by atoms with Crippen LogP contribution in [0.15, 0.2) is 51.4 Å². The highest BCUT2D eigenvalue weighted by atomic mass is 79.9. The number of fused-ring (bicyclic) bond motifs is 1. The number of hydrogen-bond donors (Lipinski definition) is 0. The second-order valence-electron chi connectivity index (χ2n) is 7.95. The standard InChI is InChI=1S/C23H26Br2N2O3/c24-18-12-16(13-19(25)14-18)15-30-21-7-6-17-4-1-2-5-20(17)22(21)26-8-3-9-27(11-10-26)23(28)29/h1-2,4-5,12-14,21-22H,3,6-11,15H2,(H,28,29)/p-1. The van der Waals surface area contributed by atoms with Crippen molar-refractivity contribution in [1.82, 2.24) is 9.80 Å². The number of hydrogen-bond acceptors (Lipinski definition) is 4. The summed E-state index contributed by atoms with van der Waals surface area (Å²) < 4.78 is 8.54. The highest BCUT2D eigenvalue weighted by Crippen LogP contribution is 2.37. The van der Waals surface area contributed by atoms with E-state index in [0.29, 0.717) is 26.2 Å². The number of ether oxygens (including phenoxy) is 1. The lowest BCUT2D eigenvalue weighted by molar-refractivity contribution is -0.265. The average molecular weight is 537 g/mol. The Labute approximate surface area is 194 Å². The van der Waals surface area contributed by atoms with Crippen LogP contribution < -0.4 is 5.11 Å². The molecule has 7 heteroatoms. The third-order valence-corrected chi connectivity index (χ3v) is 6.91. The highest BCUT2D eigenvalue weighted by molar-refractivity contribution is 9.11. The van der Waals surface area contributed by atoms with E-state index in [0.717, 1.165) is 40.3 Å². The molecule has 0 aromatic heterocycles. The summed E-state index contributed by atoms with van der Waals surface area (Å²) in [4.78, 5) is 15.2. The molecule has 0 spiro atoms. The third-order valence-electron chi connectivity index (χ3n) is 5.99. The van der Waals surface area contributed by atoms with E-state index < -0.39 is 6.09 Å². The van der Waals surface area contributed by atoms with Crippen LogP contribution in [0, 0.1) is 0 Å². The van der Waals surface area contributed by atoms with Crippen molar-refractivity contribution >= 4 is 38.0 Å². The topological polar surface area (TPSA) is 55.8 Å². The van der Waals surface area contributed by atoms with Gasteiger partial charge in [-0.1, -0.05) is 56.1 Å². The molecule has 0 bridgehead atoms. The van der Waals surface area contributed by atoms with Crippen LogP contribution in [0.3, 0.4) is 0 Å². The zero-order valence-electron chi connectivity index (χ0n) is 16.7. The van der Waals surface area contributed by atoms with Gasteiger partial charge in [-0.25, -0.2) is 0 Å². The fourth-order valence-electron chi connectivity index (χ4n) is 4.61. The van der Waals surface area contributed by atoms with Gasteiger partial charge in [0, 0.05) is 35.1 Å². The fraction of sp³-hybridized carbons (Fsp3) is 0.435. The molecule has 0 radical (unpaired) electrons. The van der Waals surface area contributed by atoms with Crippen molar-refractivity contribution in [2.24, 2.45) is 0 Å². The first kappa shape index (κ1) is 21.8. The summed E-state index contributed by atoms with van der Waals surface area (Å²) in [6.07, 6.45) is 1.75. The summed E-state index contributed by atoms with van der Waals surface area (Å²) in [7, 11) is 0. The maximum atomic E-state index is 11.3. The molecule has 2 aliphatic rings. The van der Waals surface area contributed by atoms with Crippen molar-refractivity contribution < 1.29 is 14.6 Å². The van der Waals surface area contributed by atoms with Gasteiger partial charge in [0.25, 0.3) is 0 Å². The SMILES string of the molecule is O=C([O-])N1CCCN(C2c3ccccc3CCC2OCc2cc(Br)cc(Br)c2)CC1. The molecule has 0 N–H and O–H groups in total. The van der Waals surface area contributed by atoms with Crippen molar-refractivity contribution in [3.05, 3.63) is 68.1 Å². The van der Waals surface area contributed by atoms with Crippen LogP contribution in [-0.2, 0) is 17.8 Å². The molecule has 1 aliphatic carbocycles. The number of rotatable bonds is 4. The van der Waals surface area contributed by atoms with Crippen LogP contribution in [0.2, 0.25) is 0 Å². The van der Waals surface area contributed by atoms with Gasteiger partial charge >= 0.3 is 0 Å². The van der Waals surface area contributed by atoms with Gasteiger partial charge in [-0.3, -0.25) is 4.90 Å². The Kier molecular flexibility index (Phi) is 7.13. The quantitative estimate of drug-likeness (QED) is 0.589. The second-order valence-corrected chi connectivity index (χ2v) is 9.78. The normalized spacial score (nSPS) is 22.4. The van der Waals surface area contributed by atoms with Gasteiger partial charge in [0.1, 0.15) is 6.09 Å². The van der Waals surface area contributed by atoms with Crippen LogP contribution in [0.1, 0.15) is 35.6 Å². The Morgan fingerprint density at radius 2 is 1.83 bits per heavy atom. The van der Waals surface area contributed by atoms with E-state index in [4.69, 9.17) is 4.74 Å². The van der Waals surface area contributed by atoms with Crippen LogP contribution in [0.5, 0.6) is 0 Å². The second kappa shape index (κ2) is 9.81. The number of carbonyl (C=O) groups is 1. The van der Waals surface area contributed by atoms with Crippen LogP contribution in [0.4, 0.5) is 4.79 Å². The molecule has 30 heavy (non-hydrogen) atoms. The number of aryl methyl sites for hydroxylation is 1. The van der Waals surface area contributed by atoms with Crippen molar-refractivity contribution in [3.8, 4) is 0 Å². The number of carboxylic acid groups (broad SMARTS) is 1. The minimum Gasteiger partial charge on any atom is -0.530 e. The number of carbonyl (C=O) groups excluding carboxylic acids is 1. The molecule has 0 saturated carbocycles. The molecule has 1 fully saturated rings. The van der Waals surface area contributed by atoms with E-state index in [-0.39, 0.29) is 12.1 Å². The first-order valence-corrected chi connectivity index (χ1v) is 11.9. The van der Waals surface area contributed by atoms with E-state index in [1.807, 2.05) is 6.07 Å². The number of amides is 1. The van der Waals surface area contributed by atoms with Gasteiger partial charge in [-0.15, -0.1) is 0 Å². The molecule has 5 nitrogen and oxygen atoms in total. The molecule has 1 heterocycles. The van der Waals surface area contributed by atoms with Crippen molar-refractivity contribution in [2.75, 3.05) is 26.2 Å². The highest BCUT2D eigenvalue weighted by Gasteiger charge is 2.35. The minimum absolute atomic E-state index is 0.0622. The maximum absolute atomic E-state index is 11.3. The van der Waals surface area contributed by atoms with Crippen molar-refractivity contribution in [2.45, 2.75) is 38.0 Å². The third kappa shape index (κ3) is 5.07. The van der Waals surface area contributed by atoms with Gasteiger partial charge in [-0.05, 0) is 54.2 Å². The zero-order chi connectivity index (χ0) is 21.1.